The number of carbonyl (C=O) groups is 2. The van der Waals surface area contributed by atoms with Crippen LogP contribution in [0.2, 0.25) is 0 Å². The van der Waals surface area contributed by atoms with Gasteiger partial charge in [0.25, 0.3) is 11.7 Å². The summed E-state index contributed by atoms with van der Waals surface area (Å²) in [6.07, 6.45) is 1.40. The maximum atomic E-state index is 12.6. The van der Waals surface area contributed by atoms with Crippen LogP contribution in [-0.2, 0) is 9.59 Å². The second-order valence-corrected chi connectivity index (χ2v) is 8.84. The van der Waals surface area contributed by atoms with Crippen molar-refractivity contribution in [2.75, 3.05) is 26.6 Å². The van der Waals surface area contributed by atoms with Crippen LogP contribution in [0.3, 0.4) is 0 Å². The molecule has 11 nitrogen and oxygen atoms in total. The molecule has 12 heteroatoms. The van der Waals surface area contributed by atoms with Crippen molar-refractivity contribution < 1.29 is 33.5 Å². The zero-order valence-electron chi connectivity index (χ0n) is 21.2. The number of H-pyrrole nitrogens is 1. The summed E-state index contributed by atoms with van der Waals surface area (Å²) >= 11 is 1.23. The van der Waals surface area contributed by atoms with Gasteiger partial charge in [0.1, 0.15) is 11.4 Å². The highest BCUT2D eigenvalue weighted by molar-refractivity contribution is 7.99. The van der Waals surface area contributed by atoms with Gasteiger partial charge in [0.05, 0.1) is 36.8 Å². The first-order chi connectivity index (χ1) is 19.0. The summed E-state index contributed by atoms with van der Waals surface area (Å²) in [5.41, 5.74) is 4.68. The van der Waals surface area contributed by atoms with Crippen LogP contribution < -0.4 is 24.2 Å². The number of carboxylic acid groups (broad SMARTS) is 1. The number of methoxy groups -OCH3 is 2. The minimum Gasteiger partial charge on any atom is -0.493 e. The summed E-state index contributed by atoms with van der Waals surface area (Å²) in [5.74, 6) is 0.817. The summed E-state index contributed by atoms with van der Waals surface area (Å²) in [6.45, 7) is -0.482. The molecule has 0 radical (unpaired) electrons. The van der Waals surface area contributed by atoms with Gasteiger partial charge in [-0.1, -0.05) is 30.3 Å². The number of amides is 1. The van der Waals surface area contributed by atoms with Gasteiger partial charge in [0, 0.05) is 5.56 Å². The molecule has 0 bridgehead atoms. The van der Waals surface area contributed by atoms with Crippen molar-refractivity contribution >= 4 is 29.9 Å². The van der Waals surface area contributed by atoms with Crippen LogP contribution in [0.15, 0.2) is 83.1 Å². The topological polar surface area (TPSA) is 139 Å². The fourth-order valence-electron chi connectivity index (χ4n) is 3.58. The van der Waals surface area contributed by atoms with Crippen molar-refractivity contribution in [1.82, 2.24) is 15.6 Å². The summed E-state index contributed by atoms with van der Waals surface area (Å²) in [4.78, 5) is 23.3. The van der Waals surface area contributed by atoms with Gasteiger partial charge in [-0.25, -0.2) is 10.2 Å². The summed E-state index contributed by atoms with van der Waals surface area (Å²) in [6, 6.07) is 22.0. The quantitative estimate of drug-likeness (QED) is 0.106. The van der Waals surface area contributed by atoms with Crippen molar-refractivity contribution in [3.8, 4) is 34.3 Å². The van der Waals surface area contributed by atoms with E-state index in [1.54, 1.807) is 38.5 Å². The number of para-hydroxylation sites is 2. The number of carbonyl (C=O) groups excluding carboxylic acids is 1. The predicted molar refractivity (Wildman–Crippen MR) is 145 cm³/mol. The highest BCUT2D eigenvalue weighted by Crippen LogP contribution is 2.31. The molecule has 0 saturated carbocycles. The lowest BCUT2D eigenvalue weighted by atomic mass is 10.2. The SMILES string of the molecule is COc1ccc(-c2[nH]nc(SCC(=O)NN=Cc3ccccc3OCC(=O)O)[n+]2-c2ccccc2)cc1OC. The molecular formula is C27H26N5O6S+. The molecule has 0 aliphatic rings. The molecule has 0 spiro atoms. The average molecular weight is 549 g/mol. The first kappa shape index (κ1) is 27.2. The molecule has 0 aliphatic carbocycles. The van der Waals surface area contributed by atoms with Crippen LogP contribution >= 0.6 is 11.8 Å². The highest BCUT2D eigenvalue weighted by atomic mass is 32.2. The number of aromatic amines is 1. The van der Waals surface area contributed by atoms with E-state index < -0.39 is 12.6 Å². The van der Waals surface area contributed by atoms with Gasteiger partial charge in [-0.2, -0.15) is 9.67 Å². The summed E-state index contributed by atoms with van der Waals surface area (Å²) < 4.78 is 18.0. The third kappa shape index (κ3) is 6.93. The molecule has 1 aromatic heterocycles. The maximum absolute atomic E-state index is 12.6. The standard InChI is InChI=1S/C27H25N5O6S/c1-36-22-13-12-18(14-23(22)37-2)26-30-31-27(32(26)20-9-4-3-5-10-20)39-17-24(33)29-28-15-19-8-6-7-11-21(19)38-16-25(34)35/h3-15H,16-17H2,1-2H3,(H2,29,33,34,35)/p+1. The zero-order chi connectivity index (χ0) is 27.6. The first-order valence-corrected chi connectivity index (χ1v) is 12.6. The number of hydrogen-bond acceptors (Lipinski definition) is 8. The number of hydrogen-bond donors (Lipinski definition) is 3. The monoisotopic (exact) mass is 548 g/mol. The summed E-state index contributed by atoms with van der Waals surface area (Å²) in [7, 11) is 3.15. The molecule has 1 heterocycles. The number of aliphatic carboxylic acids is 1. The number of hydrazone groups is 1. The van der Waals surface area contributed by atoms with Crippen molar-refractivity contribution in [3.05, 3.63) is 78.4 Å². The molecular weight excluding hydrogens is 522 g/mol. The Kier molecular flexibility index (Phi) is 9.14. The number of benzene rings is 3. The fraction of sp³-hybridized carbons (Fsp3) is 0.148. The molecule has 0 saturated heterocycles. The van der Waals surface area contributed by atoms with E-state index in [0.717, 1.165) is 11.3 Å². The van der Waals surface area contributed by atoms with E-state index in [2.05, 4.69) is 20.7 Å². The van der Waals surface area contributed by atoms with Gasteiger partial charge in [-0.05, 0) is 54.2 Å². The lowest BCUT2D eigenvalue weighted by Gasteiger charge is -2.09. The number of rotatable bonds is 12. The van der Waals surface area contributed by atoms with Gasteiger partial charge in [-0.3, -0.25) is 4.79 Å². The molecule has 0 unspecified atom stereocenters. The Hall–Kier alpha value is -4.84. The van der Waals surface area contributed by atoms with E-state index in [1.165, 1.54) is 18.0 Å². The molecule has 39 heavy (non-hydrogen) atoms. The smallest absolute Gasteiger partial charge is 0.342 e. The second-order valence-electron chi connectivity index (χ2n) is 7.90. The van der Waals surface area contributed by atoms with Gasteiger partial charge >= 0.3 is 11.1 Å². The molecule has 0 atom stereocenters. The van der Waals surface area contributed by atoms with E-state index >= 15 is 0 Å². The zero-order valence-corrected chi connectivity index (χ0v) is 22.0. The largest absolute Gasteiger partial charge is 0.493 e. The Labute approximate surface area is 228 Å². The molecule has 200 valence electrons. The van der Waals surface area contributed by atoms with E-state index in [9.17, 15) is 9.59 Å². The van der Waals surface area contributed by atoms with Crippen LogP contribution in [-0.4, -0.2) is 60.0 Å². The van der Waals surface area contributed by atoms with Crippen LogP contribution in [0.4, 0.5) is 0 Å². The van der Waals surface area contributed by atoms with Gasteiger partial charge in [0.15, 0.2) is 18.1 Å². The second kappa shape index (κ2) is 13.1. The number of nitrogens with one attached hydrogen (secondary N) is 2. The van der Waals surface area contributed by atoms with Gasteiger partial charge in [-0.15, -0.1) is 5.10 Å². The Morgan fingerprint density at radius 2 is 1.77 bits per heavy atom. The Balaban J connectivity index is 1.49. The number of carboxylic acids is 1. The molecule has 0 aliphatic heterocycles. The minimum absolute atomic E-state index is 0.0392. The summed E-state index contributed by atoms with van der Waals surface area (Å²) in [5, 5.41) is 20.9. The van der Waals surface area contributed by atoms with E-state index in [0.29, 0.717) is 33.8 Å². The molecule has 3 N–H and O–H groups in total. The third-order valence-corrected chi connectivity index (χ3v) is 6.28. The molecule has 0 fully saturated rings. The minimum atomic E-state index is -1.09. The van der Waals surface area contributed by atoms with E-state index in [4.69, 9.17) is 19.3 Å². The number of ether oxygens (including phenoxy) is 3. The van der Waals surface area contributed by atoms with Gasteiger partial charge < -0.3 is 19.3 Å². The number of thioether (sulfide) groups is 1. The lowest BCUT2D eigenvalue weighted by molar-refractivity contribution is -0.625. The Bertz CT molecular complexity index is 1470. The third-order valence-electron chi connectivity index (χ3n) is 5.34. The normalized spacial score (nSPS) is 10.8. The molecule has 4 aromatic rings. The molecule has 1 amide bonds. The average Bonchev–Trinajstić information content (AvgIpc) is 3.39. The number of nitrogens with zero attached hydrogens (tertiary/aromatic N) is 3. The highest BCUT2D eigenvalue weighted by Gasteiger charge is 2.25. The van der Waals surface area contributed by atoms with Crippen LogP contribution in [0, 0.1) is 0 Å². The first-order valence-electron chi connectivity index (χ1n) is 11.7. The maximum Gasteiger partial charge on any atom is 0.342 e. The van der Waals surface area contributed by atoms with Crippen molar-refractivity contribution in [1.29, 1.82) is 0 Å². The van der Waals surface area contributed by atoms with Crippen molar-refractivity contribution in [2.45, 2.75) is 5.16 Å². The van der Waals surface area contributed by atoms with Crippen LogP contribution in [0.1, 0.15) is 5.56 Å². The Morgan fingerprint density at radius 1 is 1.03 bits per heavy atom. The van der Waals surface area contributed by atoms with Crippen molar-refractivity contribution in [2.24, 2.45) is 5.10 Å². The van der Waals surface area contributed by atoms with E-state index in [1.807, 2.05) is 53.1 Å². The van der Waals surface area contributed by atoms with Crippen LogP contribution in [0.25, 0.3) is 17.1 Å². The fourth-order valence-corrected chi connectivity index (χ4v) is 4.34. The van der Waals surface area contributed by atoms with E-state index in [-0.39, 0.29) is 11.7 Å². The van der Waals surface area contributed by atoms with Gasteiger partial charge in [0.2, 0.25) is 0 Å². The molecule has 3 aromatic carbocycles. The number of aromatic nitrogens is 3. The van der Waals surface area contributed by atoms with Crippen LogP contribution in [0.5, 0.6) is 17.2 Å². The predicted octanol–water partition coefficient (Wildman–Crippen LogP) is 3.08. The lowest BCUT2D eigenvalue weighted by Crippen LogP contribution is -2.34. The van der Waals surface area contributed by atoms with Crippen molar-refractivity contribution in [3.63, 3.8) is 0 Å². The molecule has 4 rings (SSSR count). The Morgan fingerprint density at radius 3 is 2.51 bits per heavy atom.